The van der Waals surface area contributed by atoms with Crippen molar-refractivity contribution in [3.05, 3.63) is 38.9 Å². The molecule has 0 bridgehead atoms. The number of alkyl halides is 1. The average Bonchev–Trinajstić information content (AvgIpc) is 2.26. The Morgan fingerprint density at radius 2 is 2.19 bits per heavy atom. The quantitative estimate of drug-likeness (QED) is 0.371. The second-order valence-corrected chi connectivity index (χ2v) is 3.75. The Balaban J connectivity index is 3.46. The molecule has 0 N–H and O–H groups in total. The summed E-state index contributed by atoms with van der Waals surface area (Å²) in [6.45, 7) is 1.59. The number of benzene rings is 1. The van der Waals surface area contributed by atoms with Crippen LogP contribution in [0.15, 0.2) is 12.1 Å². The first kappa shape index (κ1) is 12.6. The topological polar surface area (TPSA) is 69.4 Å². The second-order valence-electron chi connectivity index (χ2n) is 3.19. The molecule has 1 aromatic carbocycles. The molecule has 5 nitrogen and oxygen atoms in total. The van der Waals surface area contributed by atoms with Gasteiger partial charge < -0.3 is 4.74 Å². The molecule has 0 spiro atoms. The number of ether oxygens (including phenoxy) is 1. The Bertz CT molecular complexity index is 445. The lowest BCUT2D eigenvalue weighted by molar-refractivity contribution is -0.385. The number of hydrogen-bond acceptors (Lipinski definition) is 4. The van der Waals surface area contributed by atoms with Crippen LogP contribution in [0.25, 0.3) is 0 Å². The Hall–Kier alpha value is -1.43. The smallest absolute Gasteiger partial charge is 0.344 e. The van der Waals surface area contributed by atoms with Gasteiger partial charge in [-0.2, -0.15) is 0 Å². The molecule has 0 unspecified atom stereocenters. The standard InChI is InChI=1S/C10H10BrNO4/c1-6-3-7(5-11)4-8(10(13)16-2)9(6)12(14)15/h3-4H,5H2,1-2H3. The zero-order valence-electron chi connectivity index (χ0n) is 8.82. The predicted octanol–water partition coefficient (Wildman–Crippen LogP) is 2.58. The highest BCUT2D eigenvalue weighted by molar-refractivity contribution is 9.08. The molecule has 1 rings (SSSR count). The van der Waals surface area contributed by atoms with Crippen LogP contribution in [-0.2, 0) is 10.1 Å². The summed E-state index contributed by atoms with van der Waals surface area (Å²) in [6.07, 6.45) is 0. The molecule has 0 saturated heterocycles. The van der Waals surface area contributed by atoms with Crippen LogP contribution in [-0.4, -0.2) is 18.0 Å². The number of aryl methyl sites for hydroxylation is 1. The van der Waals surface area contributed by atoms with Crippen molar-refractivity contribution in [2.75, 3.05) is 7.11 Å². The first-order valence-electron chi connectivity index (χ1n) is 4.43. The summed E-state index contributed by atoms with van der Waals surface area (Å²) < 4.78 is 4.52. The van der Waals surface area contributed by atoms with Crippen molar-refractivity contribution in [1.29, 1.82) is 0 Å². The zero-order valence-corrected chi connectivity index (χ0v) is 10.4. The number of nitro groups is 1. The van der Waals surface area contributed by atoms with E-state index in [0.29, 0.717) is 10.9 Å². The summed E-state index contributed by atoms with van der Waals surface area (Å²) >= 11 is 3.24. The normalized spacial score (nSPS) is 9.94. The molecular formula is C10H10BrNO4. The van der Waals surface area contributed by atoms with E-state index >= 15 is 0 Å². The molecule has 0 radical (unpaired) electrons. The van der Waals surface area contributed by atoms with Crippen LogP contribution in [0.2, 0.25) is 0 Å². The summed E-state index contributed by atoms with van der Waals surface area (Å²) in [5.41, 5.74) is 1.03. The minimum Gasteiger partial charge on any atom is -0.465 e. The largest absolute Gasteiger partial charge is 0.465 e. The van der Waals surface area contributed by atoms with Crippen LogP contribution in [0, 0.1) is 17.0 Å². The number of halogens is 1. The summed E-state index contributed by atoms with van der Waals surface area (Å²) in [7, 11) is 1.20. The van der Waals surface area contributed by atoms with Gasteiger partial charge in [-0.3, -0.25) is 10.1 Å². The van der Waals surface area contributed by atoms with E-state index in [1.165, 1.54) is 13.2 Å². The van der Waals surface area contributed by atoms with Gasteiger partial charge in [0.05, 0.1) is 12.0 Å². The number of methoxy groups -OCH3 is 1. The van der Waals surface area contributed by atoms with E-state index in [1.54, 1.807) is 13.0 Å². The van der Waals surface area contributed by atoms with E-state index in [4.69, 9.17) is 0 Å². The van der Waals surface area contributed by atoms with Crippen molar-refractivity contribution < 1.29 is 14.5 Å². The third kappa shape index (κ3) is 2.38. The molecular weight excluding hydrogens is 278 g/mol. The van der Waals surface area contributed by atoms with Gasteiger partial charge in [-0.05, 0) is 24.6 Å². The first-order valence-corrected chi connectivity index (χ1v) is 5.55. The van der Waals surface area contributed by atoms with Gasteiger partial charge >= 0.3 is 5.97 Å². The molecule has 0 fully saturated rings. The van der Waals surface area contributed by atoms with E-state index < -0.39 is 10.9 Å². The van der Waals surface area contributed by atoms with Crippen LogP contribution in [0.1, 0.15) is 21.5 Å². The third-order valence-electron chi connectivity index (χ3n) is 2.10. The van der Waals surface area contributed by atoms with Gasteiger partial charge in [0.15, 0.2) is 0 Å². The van der Waals surface area contributed by atoms with Gasteiger partial charge in [0, 0.05) is 10.9 Å². The van der Waals surface area contributed by atoms with Crippen LogP contribution >= 0.6 is 15.9 Å². The van der Waals surface area contributed by atoms with Gasteiger partial charge in [-0.25, -0.2) is 4.79 Å². The average molecular weight is 288 g/mol. The predicted molar refractivity (Wildman–Crippen MR) is 61.8 cm³/mol. The van der Waals surface area contributed by atoms with Gasteiger partial charge in [0.2, 0.25) is 0 Å². The molecule has 1 aromatic rings. The Morgan fingerprint density at radius 1 is 1.56 bits per heavy atom. The van der Waals surface area contributed by atoms with Crippen LogP contribution in [0.5, 0.6) is 0 Å². The van der Waals surface area contributed by atoms with E-state index in [2.05, 4.69) is 20.7 Å². The summed E-state index contributed by atoms with van der Waals surface area (Å²) in [6, 6.07) is 3.13. The molecule has 0 amide bonds. The molecule has 86 valence electrons. The number of hydrogen-bond donors (Lipinski definition) is 0. The molecule has 0 aromatic heterocycles. The zero-order chi connectivity index (χ0) is 12.3. The Kier molecular flexibility index (Phi) is 4.00. The number of carbonyl (C=O) groups excluding carboxylic acids is 1. The van der Waals surface area contributed by atoms with Crippen molar-refractivity contribution in [3.63, 3.8) is 0 Å². The second kappa shape index (κ2) is 5.07. The maximum absolute atomic E-state index is 11.4. The highest BCUT2D eigenvalue weighted by Crippen LogP contribution is 2.26. The molecule has 16 heavy (non-hydrogen) atoms. The summed E-state index contributed by atoms with van der Waals surface area (Å²) in [5.74, 6) is -0.697. The minimum absolute atomic E-state index is 0.0121. The number of nitrogens with zero attached hydrogens (tertiary/aromatic N) is 1. The SMILES string of the molecule is COC(=O)c1cc(CBr)cc(C)c1[N+](=O)[O-]. The molecule has 0 aliphatic carbocycles. The van der Waals surface area contributed by atoms with Gasteiger partial charge in [-0.15, -0.1) is 0 Å². The molecule has 0 saturated carbocycles. The maximum atomic E-state index is 11.4. The lowest BCUT2D eigenvalue weighted by Gasteiger charge is -2.06. The van der Waals surface area contributed by atoms with Gasteiger partial charge in [0.1, 0.15) is 5.56 Å². The van der Waals surface area contributed by atoms with E-state index in [-0.39, 0.29) is 11.3 Å². The highest BCUT2D eigenvalue weighted by Gasteiger charge is 2.24. The van der Waals surface area contributed by atoms with Crippen molar-refractivity contribution in [1.82, 2.24) is 0 Å². The molecule has 6 heteroatoms. The van der Waals surface area contributed by atoms with Gasteiger partial charge in [-0.1, -0.05) is 15.9 Å². The Labute approximate surface area is 101 Å². The fraction of sp³-hybridized carbons (Fsp3) is 0.300. The van der Waals surface area contributed by atoms with E-state index in [9.17, 15) is 14.9 Å². The van der Waals surface area contributed by atoms with Crippen LogP contribution in [0.3, 0.4) is 0 Å². The van der Waals surface area contributed by atoms with E-state index in [0.717, 1.165) is 5.56 Å². The van der Waals surface area contributed by atoms with Crippen molar-refractivity contribution in [3.8, 4) is 0 Å². The minimum atomic E-state index is -0.697. The number of carbonyl (C=O) groups is 1. The number of rotatable bonds is 3. The van der Waals surface area contributed by atoms with Crippen LogP contribution in [0.4, 0.5) is 5.69 Å². The maximum Gasteiger partial charge on any atom is 0.344 e. The van der Waals surface area contributed by atoms with Crippen molar-refractivity contribution in [2.45, 2.75) is 12.3 Å². The van der Waals surface area contributed by atoms with Crippen molar-refractivity contribution in [2.24, 2.45) is 0 Å². The lowest BCUT2D eigenvalue weighted by Crippen LogP contribution is -2.08. The van der Waals surface area contributed by atoms with Gasteiger partial charge in [0.25, 0.3) is 5.69 Å². The van der Waals surface area contributed by atoms with Crippen molar-refractivity contribution >= 4 is 27.6 Å². The number of esters is 1. The highest BCUT2D eigenvalue weighted by atomic mass is 79.9. The Morgan fingerprint density at radius 3 is 2.62 bits per heavy atom. The monoisotopic (exact) mass is 287 g/mol. The first-order chi connectivity index (χ1) is 7.51. The number of nitro benzene ring substituents is 1. The third-order valence-corrected chi connectivity index (χ3v) is 2.75. The molecule has 0 aliphatic rings. The van der Waals surface area contributed by atoms with E-state index in [1.807, 2.05) is 0 Å². The molecule has 0 heterocycles. The molecule has 0 atom stereocenters. The van der Waals surface area contributed by atoms with Crippen LogP contribution < -0.4 is 0 Å². The summed E-state index contributed by atoms with van der Waals surface area (Å²) in [4.78, 5) is 21.7. The fourth-order valence-electron chi connectivity index (χ4n) is 1.44. The lowest BCUT2D eigenvalue weighted by atomic mass is 10.0. The summed E-state index contributed by atoms with van der Waals surface area (Å²) in [5, 5.41) is 11.4. The fourth-order valence-corrected chi connectivity index (χ4v) is 1.76. The molecule has 0 aliphatic heterocycles.